The van der Waals surface area contributed by atoms with Crippen LogP contribution in [0.2, 0.25) is 0 Å². The van der Waals surface area contributed by atoms with Crippen LogP contribution < -0.4 is 11.5 Å². The Morgan fingerprint density at radius 2 is 1.88 bits per heavy atom. The van der Waals surface area contributed by atoms with Crippen molar-refractivity contribution in [1.82, 2.24) is 0 Å². The molecular formula is C10H16N2O5. The van der Waals surface area contributed by atoms with Gasteiger partial charge in [-0.1, -0.05) is 0 Å². The molecule has 0 rings (SSSR count). The molecule has 0 radical (unpaired) electrons. The Morgan fingerprint density at radius 3 is 2.35 bits per heavy atom. The van der Waals surface area contributed by atoms with Gasteiger partial charge in [0.2, 0.25) is 5.91 Å². The van der Waals surface area contributed by atoms with Crippen LogP contribution in [0.5, 0.6) is 0 Å². The highest BCUT2D eigenvalue weighted by molar-refractivity contribution is 5.79. The molecule has 96 valence electrons. The maximum Gasteiger partial charge on any atom is 0.323 e. The van der Waals surface area contributed by atoms with E-state index in [1.165, 1.54) is 0 Å². The smallest absolute Gasteiger partial charge is 0.323 e. The van der Waals surface area contributed by atoms with Gasteiger partial charge in [-0.15, -0.1) is 0 Å². The van der Waals surface area contributed by atoms with Crippen molar-refractivity contribution in [1.29, 1.82) is 0 Å². The second-order valence-electron chi connectivity index (χ2n) is 3.47. The summed E-state index contributed by atoms with van der Waals surface area (Å²) in [6.07, 6.45) is 0.352. The van der Waals surface area contributed by atoms with Crippen LogP contribution in [0.4, 0.5) is 0 Å². The van der Waals surface area contributed by atoms with Crippen molar-refractivity contribution in [2.75, 3.05) is 0 Å². The lowest BCUT2D eigenvalue weighted by atomic mass is 10.1. The predicted octanol–water partition coefficient (Wildman–Crippen LogP) is -1.33. The molecule has 0 heterocycles. The molecule has 0 aromatic heterocycles. The topological polar surface area (TPSA) is 130 Å². The highest BCUT2D eigenvalue weighted by Gasteiger charge is 2.20. The summed E-state index contributed by atoms with van der Waals surface area (Å²) < 4.78 is 4.75. The summed E-state index contributed by atoms with van der Waals surface area (Å²) >= 11 is 0. The van der Waals surface area contributed by atoms with Gasteiger partial charge in [0.1, 0.15) is 12.3 Å². The zero-order valence-corrected chi connectivity index (χ0v) is 9.33. The van der Waals surface area contributed by atoms with Gasteiger partial charge in [0.25, 0.3) is 0 Å². The standard InChI is InChI=1S/C10H16N2O5/c11-8(3-4-9(12)15)10(16)17-7(6-14)2-1-5-13/h5-8H,1-4,11H2,(H2,12,15). The molecule has 2 unspecified atom stereocenters. The molecule has 7 heteroatoms. The monoisotopic (exact) mass is 244 g/mol. The van der Waals surface area contributed by atoms with Crippen molar-refractivity contribution in [3.05, 3.63) is 0 Å². The third-order valence-corrected chi connectivity index (χ3v) is 1.99. The van der Waals surface area contributed by atoms with Crippen molar-refractivity contribution < 1.29 is 23.9 Å². The van der Waals surface area contributed by atoms with Crippen LogP contribution in [-0.2, 0) is 23.9 Å². The van der Waals surface area contributed by atoms with Crippen molar-refractivity contribution in [3.63, 3.8) is 0 Å². The van der Waals surface area contributed by atoms with Gasteiger partial charge < -0.3 is 21.0 Å². The lowest BCUT2D eigenvalue weighted by Crippen LogP contribution is -2.36. The highest BCUT2D eigenvalue weighted by Crippen LogP contribution is 2.03. The van der Waals surface area contributed by atoms with E-state index in [4.69, 9.17) is 16.2 Å². The minimum absolute atomic E-state index is 0.0314. The summed E-state index contributed by atoms with van der Waals surface area (Å²) in [4.78, 5) is 42.4. The average Bonchev–Trinajstić information content (AvgIpc) is 2.30. The molecule has 1 amide bonds. The fraction of sp³-hybridized carbons (Fsp3) is 0.600. The largest absolute Gasteiger partial charge is 0.454 e. The molecule has 4 N–H and O–H groups in total. The first kappa shape index (κ1) is 15.2. The first-order chi connectivity index (χ1) is 8.01. The quantitative estimate of drug-likeness (QED) is 0.381. The minimum atomic E-state index is -0.999. The number of nitrogens with two attached hydrogens (primary N) is 2. The van der Waals surface area contributed by atoms with E-state index in [-0.39, 0.29) is 25.7 Å². The summed E-state index contributed by atoms with van der Waals surface area (Å²) in [5.41, 5.74) is 10.3. The number of primary amides is 1. The molecular weight excluding hydrogens is 228 g/mol. The fourth-order valence-corrected chi connectivity index (χ4v) is 1.04. The maximum absolute atomic E-state index is 11.3. The minimum Gasteiger partial charge on any atom is -0.454 e. The van der Waals surface area contributed by atoms with Gasteiger partial charge in [-0.05, 0) is 12.8 Å². The lowest BCUT2D eigenvalue weighted by Gasteiger charge is -2.14. The second kappa shape index (κ2) is 8.40. The first-order valence-electron chi connectivity index (χ1n) is 5.14. The Balaban J connectivity index is 4.06. The van der Waals surface area contributed by atoms with Crippen LogP contribution in [0.1, 0.15) is 25.7 Å². The van der Waals surface area contributed by atoms with Crippen LogP contribution in [0.3, 0.4) is 0 Å². The van der Waals surface area contributed by atoms with E-state index in [9.17, 15) is 19.2 Å². The number of aldehydes is 2. The van der Waals surface area contributed by atoms with Crippen LogP contribution >= 0.6 is 0 Å². The number of carbonyl (C=O) groups excluding carboxylic acids is 4. The number of carbonyl (C=O) groups is 4. The summed E-state index contributed by atoms with van der Waals surface area (Å²) in [7, 11) is 0. The number of hydrogen-bond donors (Lipinski definition) is 2. The molecule has 2 atom stereocenters. The third kappa shape index (κ3) is 7.18. The number of amides is 1. The van der Waals surface area contributed by atoms with E-state index in [0.717, 1.165) is 0 Å². The average molecular weight is 244 g/mol. The lowest BCUT2D eigenvalue weighted by molar-refractivity contribution is -0.153. The van der Waals surface area contributed by atoms with Crippen molar-refractivity contribution in [2.45, 2.75) is 37.8 Å². The number of hydrogen-bond acceptors (Lipinski definition) is 6. The summed E-state index contributed by atoms with van der Waals surface area (Å²) in [6.45, 7) is 0. The predicted molar refractivity (Wildman–Crippen MR) is 57.6 cm³/mol. The Morgan fingerprint density at radius 1 is 1.24 bits per heavy atom. The van der Waals surface area contributed by atoms with Crippen molar-refractivity contribution in [2.24, 2.45) is 11.5 Å². The van der Waals surface area contributed by atoms with E-state index in [1.807, 2.05) is 0 Å². The molecule has 0 aromatic carbocycles. The molecule has 0 aliphatic carbocycles. The van der Waals surface area contributed by atoms with E-state index in [1.54, 1.807) is 0 Å². The molecule has 0 bridgehead atoms. The van der Waals surface area contributed by atoms with Gasteiger partial charge >= 0.3 is 5.97 Å². The Bertz CT molecular complexity index is 292. The van der Waals surface area contributed by atoms with E-state index in [2.05, 4.69) is 0 Å². The van der Waals surface area contributed by atoms with E-state index >= 15 is 0 Å². The zero-order chi connectivity index (χ0) is 13.3. The SMILES string of the molecule is NC(=O)CCC(N)C(=O)OC(C=O)CCC=O. The molecule has 0 fully saturated rings. The highest BCUT2D eigenvalue weighted by atomic mass is 16.5. The van der Waals surface area contributed by atoms with Gasteiger partial charge in [0, 0.05) is 12.8 Å². The van der Waals surface area contributed by atoms with Gasteiger partial charge in [0.05, 0.1) is 0 Å². The third-order valence-electron chi connectivity index (χ3n) is 1.99. The number of ether oxygens (including phenoxy) is 1. The van der Waals surface area contributed by atoms with Gasteiger partial charge in [-0.2, -0.15) is 0 Å². The van der Waals surface area contributed by atoms with Crippen LogP contribution in [-0.4, -0.2) is 36.6 Å². The molecule has 0 saturated heterocycles. The van der Waals surface area contributed by atoms with E-state index < -0.39 is 24.0 Å². The van der Waals surface area contributed by atoms with E-state index in [0.29, 0.717) is 12.6 Å². The van der Waals surface area contributed by atoms with Crippen LogP contribution in [0, 0.1) is 0 Å². The molecule has 0 spiro atoms. The van der Waals surface area contributed by atoms with Crippen molar-refractivity contribution in [3.8, 4) is 0 Å². The normalized spacial score (nSPS) is 13.5. The fourth-order valence-electron chi connectivity index (χ4n) is 1.04. The van der Waals surface area contributed by atoms with Gasteiger partial charge in [-0.25, -0.2) is 0 Å². The van der Waals surface area contributed by atoms with Gasteiger partial charge in [-0.3, -0.25) is 14.4 Å². The summed E-state index contributed by atoms with van der Waals surface area (Å²) in [5, 5.41) is 0. The zero-order valence-electron chi connectivity index (χ0n) is 9.33. The first-order valence-corrected chi connectivity index (χ1v) is 5.14. The summed E-state index contributed by atoms with van der Waals surface area (Å²) in [6, 6.07) is -0.999. The molecule has 17 heavy (non-hydrogen) atoms. The Labute approximate surface area is 98.5 Å². The van der Waals surface area contributed by atoms with Crippen molar-refractivity contribution >= 4 is 24.4 Å². The Hall–Kier alpha value is -1.76. The number of esters is 1. The van der Waals surface area contributed by atoms with Gasteiger partial charge in [0.15, 0.2) is 12.4 Å². The molecule has 0 aromatic rings. The second-order valence-corrected chi connectivity index (χ2v) is 3.47. The Kier molecular flexibility index (Phi) is 7.53. The molecule has 0 aliphatic rings. The molecule has 7 nitrogen and oxygen atoms in total. The molecule has 0 saturated carbocycles. The number of rotatable bonds is 9. The van der Waals surface area contributed by atoms with Crippen LogP contribution in [0.15, 0.2) is 0 Å². The summed E-state index contributed by atoms with van der Waals surface area (Å²) in [5.74, 6) is -1.35. The van der Waals surface area contributed by atoms with Crippen LogP contribution in [0.25, 0.3) is 0 Å². The molecule has 0 aliphatic heterocycles. The maximum atomic E-state index is 11.3.